The number of piperidine rings is 1. The molecule has 0 bridgehead atoms. The second kappa shape index (κ2) is 6.25. The molecule has 2 rings (SSSR count). The predicted octanol–water partition coefficient (Wildman–Crippen LogP) is 2.23. The second-order valence-electron chi connectivity index (χ2n) is 4.58. The SMILES string of the molecule is CNC1CCCN(C(=O)c2ccccc2SC)C1. The number of thioether (sulfide) groups is 1. The summed E-state index contributed by atoms with van der Waals surface area (Å²) >= 11 is 1.63. The van der Waals surface area contributed by atoms with Crippen LogP contribution in [0.15, 0.2) is 29.2 Å². The molecule has 1 aliphatic heterocycles. The molecule has 1 saturated heterocycles. The molecule has 1 N–H and O–H groups in total. The van der Waals surface area contributed by atoms with Crippen molar-refractivity contribution in [1.82, 2.24) is 10.2 Å². The highest BCUT2D eigenvalue weighted by molar-refractivity contribution is 7.98. The average molecular weight is 264 g/mol. The largest absolute Gasteiger partial charge is 0.337 e. The van der Waals surface area contributed by atoms with Crippen LogP contribution in [0.3, 0.4) is 0 Å². The van der Waals surface area contributed by atoms with Crippen LogP contribution in [0, 0.1) is 0 Å². The molecule has 18 heavy (non-hydrogen) atoms. The molecule has 1 fully saturated rings. The Bertz CT molecular complexity index is 422. The number of amides is 1. The molecule has 0 spiro atoms. The van der Waals surface area contributed by atoms with Gasteiger partial charge in [0.25, 0.3) is 5.91 Å². The highest BCUT2D eigenvalue weighted by atomic mass is 32.2. The number of likely N-dealkylation sites (N-methyl/N-ethyl adjacent to an activating group) is 1. The first kappa shape index (κ1) is 13.4. The highest BCUT2D eigenvalue weighted by Gasteiger charge is 2.24. The molecule has 1 aliphatic rings. The summed E-state index contributed by atoms with van der Waals surface area (Å²) in [7, 11) is 1.97. The summed E-state index contributed by atoms with van der Waals surface area (Å²) in [5.74, 6) is 0.167. The van der Waals surface area contributed by atoms with Crippen molar-refractivity contribution in [2.45, 2.75) is 23.8 Å². The Morgan fingerprint density at radius 3 is 2.94 bits per heavy atom. The maximum Gasteiger partial charge on any atom is 0.255 e. The number of likely N-dealkylation sites (tertiary alicyclic amines) is 1. The standard InChI is InChI=1S/C14H20N2OS/c1-15-11-6-5-9-16(10-11)14(17)12-7-3-4-8-13(12)18-2/h3-4,7-8,11,15H,5-6,9-10H2,1-2H3. The van der Waals surface area contributed by atoms with Crippen LogP contribution in [-0.2, 0) is 0 Å². The van der Waals surface area contributed by atoms with Gasteiger partial charge in [-0.15, -0.1) is 11.8 Å². The third-order valence-corrected chi connectivity index (χ3v) is 4.25. The van der Waals surface area contributed by atoms with Crippen LogP contribution in [0.4, 0.5) is 0 Å². The van der Waals surface area contributed by atoms with Crippen LogP contribution >= 0.6 is 11.8 Å². The van der Waals surface area contributed by atoms with Gasteiger partial charge in [0.1, 0.15) is 0 Å². The average Bonchev–Trinajstić information content (AvgIpc) is 2.46. The molecule has 3 nitrogen and oxygen atoms in total. The molecular formula is C14H20N2OS. The van der Waals surface area contributed by atoms with E-state index in [9.17, 15) is 4.79 Å². The molecule has 1 unspecified atom stereocenters. The van der Waals surface area contributed by atoms with E-state index in [-0.39, 0.29) is 5.91 Å². The topological polar surface area (TPSA) is 32.3 Å². The van der Waals surface area contributed by atoms with Crippen molar-refractivity contribution in [3.8, 4) is 0 Å². The van der Waals surface area contributed by atoms with E-state index in [0.29, 0.717) is 6.04 Å². The minimum absolute atomic E-state index is 0.167. The zero-order valence-corrected chi connectivity index (χ0v) is 11.8. The monoisotopic (exact) mass is 264 g/mol. The van der Waals surface area contributed by atoms with E-state index in [0.717, 1.165) is 36.4 Å². The predicted molar refractivity (Wildman–Crippen MR) is 76.2 cm³/mol. The Kier molecular flexibility index (Phi) is 4.66. The maximum absolute atomic E-state index is 12.5. The molecule has 0 radical (unpaired) electrons. The molecule has 1 atom stereocenters. The van der Waals surface area contributed by atoms with Gasteiger partial charge in [-0.1, -0.05) is 12.1 Å². The van der Waals surface area contributed by atoms with Crippen LogP contribution < -0.4 is 5.32 Å². The number of carbonyl (C=O) groups is 1. The van der Waals surface area contributed by atoms with Crippen molar-refractivity contribution < 1.29 is 4.79 Å². The zero-order valence-electron chi connectivity index (χ0n) is 11.0. The Balaban J connectivity index is 2.15. The summed E-state index contributed by atoms with van der Waals surface area (Å²) in [6, 6.07) is 8.29. The summed E-state index contributed by atoms with van der Waals surface area (Å²) in [6.07, 6.45) is 4.25. The van der Waals surface area contributed by atoms with Gasteiger partial charge >= 0.3 is 0 Å². The fraction of sp³-hybridized carbons (Fsp3) is 0.500. The molecule has 0 saturated carbocycles. The van der Waals surface area contributed by atoms with Crippen LogP contribution in [0.5, 0.6) is 0 Å². The van der Waals surface area contributed by atoms with Gasteiger partial charge in [-0.2, -0.15) is 0 Å². The van der Waals surface area contributed by atoms with E-state index in [1.54, 1.807) is 11.8 Å². The van der Waals surface area contributed by atoms with Gasteiger partial charge in [-0.25, -0.2) is 0 Å². The summed E-state index contributed by atoms with van der Waals surface area (Å²) in [4.78, 5) is 15.6. The van der Waals surface area contributed by atoms with Crippen molar-refractivity contribution >= 4 is 17.7 Å². The van der Waals surface area contributed by atoms with E-state index < -0.39 is 0 Å². The van der Waals surface area contributed by atoms with Gasteiger partial charge in [0.15, 0.2) is 0 Å². The van der Waals surface area contributed by atoms with Gasteiger partial charge in [-0.05, 0) is 38.3 Å². The maximum atomic E-state index is 12.5. The molecule has 0 aromatic heterocycles. The normalized spacial score (nSPS) is 19.9. The third-order valence-electron chi connectivity index (χ3n) is 3.45. The van der Waals surface area contributed by atoms with Crippen molar-refractivity contribution in [3.05, 3.63) is 29.8 Å². The number of benzene rings is 1. The lowest BCUT2D eigenvalue weighted by Gasteiger charge is -2.33. The van der Waals surface area contributed by atoms with Crippen molar-refractivity contribution in [1.29, 1.82) is 0 Å². The summed E-state index contributed by atoms with van der Waals surface area (Å²) in [5, 5.41) is 3.27. The lowest BCUT2D eigenvalue weighted by Crippen LogP contribution is -2.47. The second-order valence-corrected chi connectivity index (χ2v) is 5.43. The first-order valence-electron chi connectivity index (χ1n) is 6.36. The number of nitrogens with one attached hydrogen (secondary N) is 1. The Hall–Kier alpha value is -1.00. The van der Waals surface area contributed by atoms with Crippen molar-refractivity contribution in [3.63, 3.8) is 0 Å². The molecule has 1 amide bonds. The molecule has 1 aromatic carbocycles. The molecule has 1 aromatic rings. The molecule has 1 heterocycles. The Morgan fingerprint density at radius 2 is 2.22 bits per heavy atom. The van der Waals surface area contributed by atoms with Crippen molar-refractivity contribution in [2.24, 2.45) is 0 Å². The first-order valence-corrected chi connectivity index (χ1v) is 7.58. The lowest BCUT2D eigenvalue weighted by molar-refractivity contribution is 0.0694. The van der Waals surface area contributed by atoms with E-state index in [2.05, 4.69) is 5.32 Å². The third kappa shape index (κ3) is 2.87. The van der Waals surface area contributed by atoms with E-state index in [4.69, 9.17) is 0 Å². The first-order chi connectivity index (χ1) is 8.76. The van der Waals surface area contributed by atoms with Gasteiger partial charge in [0.05, 0.1) is 5.56 Å². The van der Waals surface area contributed by atoms with Gasteiger partial charge in [-0.3, -0.25) is 4.79 Å². The fourth-order valence-corrected chi connectivity index (χ4v) is 2.98. The summed E-state index contributed by atoms with van der Waals surface area (Å²) in [5.41, 5.74) is 0.835. The number of rotatable bonds is 3. The quantitative estimate of drug-likeness (QED) is 0.850. The summed E-state index contributed by atoms with van der Waals surface area (Å²) < 4.78 is 0. The van der Waals surface area contributed by atoms with E-state index >= 15 is 0 Å². The van der Waals surface area contributed by atoms with E-state index in [1.807, 2.05) is 42.5 Å². The van der Waals surface area contributed by atoms with Gasteiger partial charge < -0.3 is 10.2 Å². The van der Waals surface area contributed by atoms with Gasteiger partial charge in [0, 0.05) is 24.0 Å². The van der Waals surface area contributed by atoms with Crippen LogP contribution in [0.2, 0.25) is 0 Å². The number of hydrogen-bond acceptors (Lipinski definition) is 3. The lowest BCUT2D eigenvalue weighted by atomic mass is 10.0. The van der Waals surface area contributed by atoms with Crippen LogP contribution in [0.1, 0.15) is 23.2 Å². The number of carbonyl (C=O) groups excluding carboxylic acids is 1. The Morgan fingerprint density at radius 1 is 1.44 bits per heavy atom. The van der Waals surface area contributed by atoms with E-state index in [1.165, 1.54) is 0 Å². The molecule has 4 heteroatoms. The Labute approximate surface area is 113 Å². The number of nitrogens with zero attached hydrogens (tertiary/aromatic N) is 1. The minimum Gasteiger partial charge on any atom is -0.337 e. The highest BCUT2D eigenvalue weighted by Crippen LogP contribution is 2.22. The van der Waals surface area contributed by atoms with Crippen LogP contribution in [-0.4, -0.2) is 43.2 Å². The molecule has 0 aliphatic carbocycles. The molecule has 98 valence electrons. The number of hydrogen-bond donors (Lipinski definition) is 1. The zero-order chi connectivity index (χ0) is 13.0. The molecular weight excluding hydrogens is 244 g/mol. The smallest absolute Gasteiger partial charge is 0.255 e. The minimum atomic E-state index is 0.167. The summed E-state index contributed by atoms with van der Waals surface area (Å²) in [6.45, 7) is 1.69. The fourth-order valence-electron chi connectivity index (χ4n) is 2.39. The van der Waals surface area contributed by atoms with Crippen molar-refractivity contribution in [2.75, 3.05) is 26.4 Å². The van der Waals surface area contributed by atoms with Crippen LogP contribution in [0.25, 0.3) is 0 Å². The van der Waals surface area contributed by atoms with Gasteiger partial charge in [0.2, 0.25) is 0 Å².